The van der Waals surface area contributed by atoms with Crippen molar-refractivity contribution in [3.05, 3.63) is 58.1 Å². The molecule has 0 spiro atoms. The number of allylic oxidation sites excluding steroid dienone is 2. The van der Waals surface area contributed by atoms with Crippen LogP contribution in [0.15, 0.2) is 41.8 Å². The molecule has 1 aromatic carbocycles. The maximum absolute atomic E-state index is 12.1. The third-order valence-electron chi connectivity index (χ3n) is 4.21. The molecule has 0 fully saturated rings. The first-order chi connectivity index (χ1) is 12.6. The first-order valence-corrected chi connectivity index (χ1v) is 9.59. The lowest BCUT2D eigenvalue weighted by Gasteiger charge is -2.15. The topological polar surface area (TPSA) is 68.3 Å². The first kappa shape index (κ1) is 18.3. The Morgan fingerprint density at radius 1 is 1.27 bits per heavy atom. The van der Waals surface area contributed by atoms with Crippen molar-refractivity contribution < 1.29 is 14.3 Å². The number of rotatable bonds is 6. The number of hydrogen-bond donors (Lipinski definition) is 1. The van der Waals surface area contributed by atoms with Gasteiger partial charge < -0.3 is 10.1 Å². The van der Waals surface area contributed by atoms with Gasteiger partial charge in [0.1, 0.15) is 11.6 Å². The number of benzene rings is 1. The highest BCUT2D eigenvalue weighted by molar-refractivity contribution is 7.09. The molecule has 0 saturated heterocycles. The molecule has 6 heteroatoms. The summed E-state index contributed by atoms with van der Waals surface area (Å²) in [4.78, 5) is 28.5. The summed E-state index contributed by atoms with van der Waals surface area (Å²) in [7, 11) is 0. The SMILES string of the molecule is Cc1ccc(NC(=O)Cc2nc(COC(=O)[C@H]3CC=CCC3)cs2)cc1. The van der Waals surface area contributed by atoms with Gasteiger partial charge in [-0.15, -0.1) is 11.3 Å². The largest absolute Gasteiger partial charge is 0.459 e. The van der Waals surface area contributed by atoms with Crippen molar-refractivity contribution in [1.29, 1.82) is 0 Å². The van der Waals surface area contributed by atoms with Crippen molar-refractivity contribution in [3.63, 3.8) is 0 Å². The van der Waals surface area contributed by atoms with Crippen LogP contribution in [0.4, 0.5) is 5.69 Å². The molecule has 3 rings (SSSR count). The molecule has 1 atom stereocenters. The van der Waals surface area contributed by atoms with E-state index in [-0.39, 0.29) is 30.8 Å². The molecule has 1 amide bonds. The summed E-state index contributed by atoms with van der Waals surface area (Å²) < 4.78 is 5.36. The Balaban J connectivity index is 1.46. The van der Waals surface area contributed by atoms with Gasteiger partial charge >= 0.3 is 5.97 Å². The van der Waals surface area contributed by atoms with Gasteiger partial charge in [-0.1, -0.05) is 29.8 Å². The number of thiazole rings is 1. The van der Waals surface area contributed by atoms with Crippen LogP contribution in [0.5, 0.6) is 0 Å². The molecule has 2 aromatic rings. The molecule has 0 radical (unpaired) electrons. The average molecular weight is 370 g/mol. The molecule has 1 aliphatic rings. The lowest BCUT2D eigenvalue weighted by molar-refractivity contribution is -0.150. The normalized spacial score (nSPS) is 16.3. The minimum atomic E-state index is -0.166. The zero-order chi connectivity index (χ0) is 18.4. The van der Waals surface area contributed by atoms with Gasteiger partial charge in [0, 0.05) is 11.1 Å². The summed E-state index contributed by atoms with van der Waals surface area (Å²) in [6, 6.07) is 7.65. The minimum Gasteiger partial charge on any atom is -0.459 e. The van der Waals surface area contributed by atoms with Gasteiger partial charge in [-0.25, -0.2) is 4.98 Å². The number of ether oxygens (including phenoxy) is 1. The Bertz CT molecular complexity index is 796. The maximum atomic E-state index is 12.1. The molecule has 136 valence electrons. The van der Waals surface area contributed by atoms with Crippen LogP contribution in [0.2, 0.25) is 0 Å². The van der Waals surface area contributed by atoms with Crippen LogP contribution in [0.3, 0.4) is 0 Å². The zero-order valence-corrected chi connectivity index (χ0v) is 15.6. The fourth-order valence-corrected chi connectivity index (χ4v) is 3.52. The van der Waals surface area contributed by atoms with Gasteiger partial charge in [0.25, 0.3) is 0 Å². The second-order valence-corrected chi connectivity index (χ2v) is 7.36. The third-order valence-corrected chi connectivity index (χ3v) is 5.11. The fourth-order valence-electron chi connectivity index (χ4n) is 2.75. The van der Waals surface area contributed by atoms with Crippen LogP contribution in [-0.4, -0.2) is 16.9 Å². The van der Waals surface area contributed by atoms with Gasteiger partial charge in [-0.05, 0) is 38.3 Å². The number of esters is 1. The molecule has 1 aliphatic carbocycles. The van der Waals surface area contributed by atoms with E-state index in [4.69, 9.17) is 4.74 Å². The van der Waals surface area contributed by atoms with Gasteiger partial charge in [-0.3, -0.25) is 9.59 Å². The molecular weight excluding hydrogens is 348 g/mol. The molecule has 0 saturated carbocycles. The van der Waals surface area contributed by atoms with Gasteiger partial charge in [0.15, 0.2) is 0 Å². The quantitative estimate of drug-likeness (QED) is 0.616. The number of nitrogens with zero attached hydrogens (tertiary/aromatic N) is 1. The summed E-state index contributed by atoms with van der Waals surface area (Å²) in [5.41, 5.74) is 2.60. The van der Waals surface area contributed by atoms with Crippen LogP contribution in [0, 0.1) is 12.8 Å². The fraction of sp³-hybridized carbons (Fsp3) is 0.350. The molecule has 1 aromatic heterocycles. The van der Waals surface area contributed by atoms with E-state index in [1.165, 1.54) is 11.3 Å². The highest BCUT2D eigenvalue weighted by atomic mass is 32.1. The van der Waals surface area contributed by atoms with E-state index in [0.717, 1.165) is 30.5 Å². The van der Waals surface area contributed by atoms with Crippen LogP contribution in [-0.2, 0) is 27.4 Å². The lowest BCUT2D eigenvalue weighted by atomic mass is 9.95. The smallest absolute Gasteiger partial charge is 0.309 e. The van der Waals surface area contributed by atoms with Gasteiger partial charge in [-0.2, -0.15) is 0 Å². The zero-order valence-electron chi connectivity index (χ0n) is 14.7. The Morgan fingerprint density at radius 2 is 2.08 bits per heavy atom. The van der Waals surface area contributed by atoms with Crippen LogP contribution in [0.1, 0.15) is 35.5 Å². The van der Waals surface area contributed by atoms with Crippen LogP contribution < -0.4 is 5.32 Å². The Morgan fingerprint density at radius 3 is 2.81 bits per heavy atom. The maximum Gasteiger partial charge on any atom is 0.309 e. The summed E-state index contributed by atoms with van der Waals surface area (Å²) in [5, 5.41) is 5.40. The molecule has 1 heterocycles. The van der Waals surface area contributed by atoms with Crippen molar-refractivity contribution in [1.82, 2.24) is 4.98 Å². The van der Waals surface area contributed by atoms with Crippen molar-refractivity contribution in [3.8, 4) is 0 Å². The number of nitrogens with one attached hydrogen (secondary N) is 1. The van der Waals surface area contributed by atoms with E-state index in [1.54, 1.807) is 0 Å². The van der Waals surface area contributed by atoms with Crippen molar-refractivity contribution >= 4 is 28.9 Å². The number of aryl methyl sites for hydroxylation is 1. The Labute approximate surface area is 157 Å². The van der Waals surface area contributed by atoms with Gasteiger partial charge in [0.2, 0.25) is 5.91 Å². The Hall–Kier alpha value is -2.47. The predicted octanol–water partition coefficient (Wildman–Crippen LogP) is 4.03. The van der Waals surface area contributed by atoms with E-state index < -0.39 is 0 Å². The average Bonchev–Trinajstić information content (AvgIpc) is 3.09. The summed E-state index contributed by atoms with van der Waals surface area (Å²) in [6.45, 7) is 2.16. The second kappa shape index (κ2) is 8.76. The van der Waals surface area contributed by atoms with E-state index in [1.807, 2.05) is 42.6 Å². The third kappa shape index (κ3) is 5.26. The minimum absolute atomic E-state index is 0.0432. The van der Waals surface area contributed by atoms with E-state index in [0.29, 0.717) is 10.7 Å². The molecule has 5 nitrogen and oxygen atoms in total. The van der Waals surface area contributed by atoms with Crippen LogP contribution >= 0.6 is 11.3 Å². The number of hydrogen-bond acceptors (Lipinski definition) is 5. The summed E-state index contributed by atoms with van der Waals surface area (Å²) in [6.07, 6.45) is 6.86. The number of aromatic nitrogens is 1. The van der Waals surface area contributed by atoms with Crippen molar-refractivity contribution in [2.45, 2.75) is 39.2 Å². The molecule has 26 heavy (non-hydrogen) atoms. The molecule has 1 N–H and O–H groups in total. The highest BCUT2D eigenvalue weighted by Gasteiger charge is 2.20. The van der Waals surface area contributed by atoms with Crippen molar-refractivity contribution in [2.75, 3.05) is 5.32 Å². The monoisotopic (exact) mass is 370 g/mol. The summed E-state index contributed by atoms with van der Waals surface area (Å²) >= 11 is 1.40. The standard InChI is InChI=1S/C20H22N2O3S/c1-14-7-9-16(10-8-14)21-18(23)11-19-22-17(13-26-19)12-25-20(24)15-5-3-2-4-6-15/h2-3,7-10,13,15H,4-6,11-12H2,1H3,(H,21,23)/t15-/m0/s1. The second-order valence-electron chi connectivity index (χ2n) is 6.41. The predicted molar refractivity (Wildman–Crippen MR) is 102 cm³/mol. The number of anilines is 1. The lowest BCUT2D eigenvalue weighted by Crippen LogP contribution is -2.18. The number of carbonyl (C=O) groups is 2. The summed E-state index contributed by atoms with van der Waals surface area (Å²) in [5.74, 6) is -0.319. The van der Waals surface area contributed by atoms with Crippen LogP contribution in [0.25, 0.3) is 0 Å². The molecular formula is C20H22N2O3S. The first-order valence-electron chi connectivity index (χ1n) is 8.71. The molecule has 0 unspecified atom stereocenters. The van der Waals surface area contributed by atoms with E-state index >= 15 is 0 Å². The molecule has 0 bridgehead atoms. The highest BCUT2D eigenvalue weighted by Crippen LogP contribution is 2.20. The van der Waals surface area contributed by atoms with E-state index in [9.17, 15) is 9.59 Å². The van der Waals surface area contributed by atoms with Crippen molar-refractivity contribution in [2.24, 2.45) is 5.92 Å². The number of amides is 1. The van der Waals surface area contributed by atoms with E-state index in [2.05, 4.69) is 16.4 Å². The number of carbonyl (C=O) groups excluding carboxylic acids is 2. The molecule has 0 aliphatic heterocycles. The van der Waals surface area contributed by atoms with Gasteiger partial charge in [0.05, 0.1) is 18.0 Å². The Kier molecular flexibility index (Phi) is 6.17.